The molecule has 2 aromatic carbocycles. The van der Waals surface area contributed by atoms with Gasteiger partial charge in [0, 0.05) is 15.1 Å². The van der Waals surface area contributed by atoms with Gasteiger partial charge >= 0.3 is 0 Å². The Morgan fingerprint density at radius 3 is 2.74 bits per heavy atom. The molecular weight excluding hydrogens is 333 g/mol. The molecule has 0 radical (unpaired) electrons. The molecule has 5 heteroatoms. The number of benzene rings is 2. The monoisotopic (exact) mass is 339 g/mol. The van der Waals surface area contributed by atoms with Gasteiger partial charge in [0.1, 0.15) is 5.82 Å². The summed E-state index contributed by atoms with van der Waals surface area (Å²) in [6.07, 6.45) is 0. The molecule has 3 rings (SSSR count). The number of amides is 1. The zero-order chi connectivity index (χ0) is 13.6. The standard InChI is InChI=1S/C14H8BrClFNO/c15-11-3-1-2-9-10(11)7-18(14(9)19)13-5-4-8(16)6-12(13)17/h1-6H,7H2. The third-order valence-electron chi connectivity index (χ3n) is 3.11. The molecule has 0 atom stereocenters. The first-order valence-corrected chi connectivity index (χ1v) is 6.79. The molecule has 0 bridgehead atoms. The highest BCUT2D eigenvalue weighted by molar-refractivity contribution is 9.10. The van der Waals surface area contributed by atoms with E-state index in [1.807, 2.05) is 6.07 Å². The maximum atomic E-state index is 13.9. The lowest BCUT2D eigenvalue weighted by Gasteiger charge is -2.16. The zero-order valence-electron chi connectivity index (χ0n) is 9.66. The predicted octanol–water partition coefficient (Wildman–Crippen LogP) is 4.40. The normalized spacial score (nSPS) is 13.8. The molecule has 0 unspecified atom stereocenters. The van der Waals surface area contributed by atoms with E-state index in [1.165, 1.54) is 17.0 Å². The fourth-order valence-corrected chi connectivity index (χ4v) is 2.84. The second-order valence-electron chi connectivity index (χ2n) is 4.25. The van der Waals surface area contributed by atoms with Crippen LogP contribution in [-0.4, -0.2) is 5.91 Å². The molecule has 19 heavy (non-hydrogen) atoms. The van der Waals surface area contributed by atoms with Gasteiger partial charge in [0.05, 0.1) is 12.2 Å². The Bertz CT molecular complexity index is 689. The number of rotatable bonds is 1. The van der Waals surface area contributed by atoms with Crippen LogP contribution in [0.2, 0.25) is 5.02 Å². The lowest BCUT2D eigenvalue weighted by Crippen LogP contribution is -2.24. The van der Waals surface area contributed by atoms with Crippen molar-refractivity contribution >= 4 is 39.1 Å². The Morgan fingerprint density at radius 2 is 2.05 bits per heavy atom. The number of hydrogen-bond donors (Lipinski definition) is 0. The van der Waals surface area contributed by atoms with Gasteiger partial charge in [0.15, 0.2) is 0 Å². The van der Waals surface area contributed by atoms with Gasteiger partial charge in [0.25, 0.3) is 5.91 Å². The van der Waals surface area contributed by atoms with Crippen molar-refractivity contribution in [1.29, 1.82) is 0 Å². The second-order valence-corrected chi connectivity index (χ2v) is 5.54. The van der Waals surface area contributed by atoms with E-state index < -0.39 is 5.82 Å². The van der Waals surface area contributed by atoms with E-state index in [0.29, 0.717) is 17.1 Å². The maximum Gasteiger partial charge on any atom is 0.259 e. The smallest absolute Gasteiger partial charge is 0.259 e. The molecule has 2 nitrogen and oxygen atoms in total. The first-order chi connectivity index (χ1) is 9.08. The number of halogens is 3. The van der Waals surface area contributed by atoms with Crippen LogP contribution < -0.4 is 4.90 Å². The highest BCUT2D eigenvalue weighted by Gasteiger charge is 2.31. The molecular formula is C14H8BrClFNO. The van der Waals surface area contributed by atoms with Gasteiger partial charge in [-0.3, -0.25) is 4.79 Å². The molecule has 0 spiro atoms. The summed E-state index contributed by atoms with van der Waals surface area (Å²) in [6, 6.07) is 9.72. The lowest BCUT2D eigenvalue weighted by atomic mass is 10.1. The number of carbonyl (C=O) groups is 1. The average molecular weight is 341 g/mol. The van der Waals surface area contributed by atoms with Crippen molar-refractivity contribution in [2.45, 2.75) is 6.54 Å². The summed E-state index contributed by atoms with van der Waals surface area (Å²) in [7, 11) is 0. The van der Waals surface area contributed by atoms with Gasteiger partial charge in [-0.2, -0.15) is 0 Å². The average Bonchev–Trinajstić information content (AvgIpc) is 2.69. The lowest BCUT2D eigenvalue weighted by molar-refractivity contribution is 0.0996. The molecule has 0 saturated carbocycles. The van der Waals surface area contributed by atoms with Crippen LogP contribution in [0.3, 0.4) is 0 Å². The van der Waals surface area contributed by atoms with Gasteiger partial charge in [0.2, 0.25) is 0 Å². The van der Waals surface area contributed by atoms with Crippen molar-refractivity contribution < 1.29 is 9.18 Å². The zero-order valence-corrected chi connectivity index (χ0v) is 12.0. The Hall–Kier alpha value is -1.39. The van der Waals surface area contributed by atoms with Crippen LogP contribution in [0.1, 0.15) is 15.9 Å². The summed E-state index contributed by atoms with van der Waals surface area (Å²) in [5, 5.41) is 0.312. The minimum Gasteiger partial charge on any atom is -0.301 e. The van der Waals surface area contributed by atoms with Crippen LogP contribution >= 0.6 is 27.5 Å². The molecule has 1 heterocycles. The summed E-state index contributed by atoms with van der Waals surface area (Å²) < 4.78 is 14.8. The Morgan fingerprint density at radius 1 is 1.26 bits per heavy atom. The van der Waals surface area contributed by atoms with E-state index in [2.05, 4.69) is 15.9 Å². The topological polar surface area (TPSA) is 20.3 Å². The van der Waals surface area contributed by atoms with E-state index in [9.17, 15) is 9.18 Å². The third kappa shape index (κ3) is 2.05. The molecule has 0 saturated heterocycles. The Labute approximate surface area is 122 Å². The molecule has 1 amide bonds. The van der Waals surface area contributed by atoms with Gasteiger partial charge < -0.3 is 4.90 Å². The highest BCUT2D eigenvalue weighted by atomic mass is 79.9. The van der Waals surface area contributed by atoms with E-state index in [4.69, 9.17) is 11.6 Å². The minimum absolute atomic E-state index is 0.197. The summed E-state index contributed by atoms with van der Waals surface area (Å²) in [4.78, 5) is 13.7. The van der Waals surface area contributed by atoms with E-state index in [1.54, 1.807) is 18.2 Å². The molecule has 0 aromatic heterocycles. The van der Waals surface area contributed by atoms with Gasteiger partial charge in [-0.1, -0.05) is 33.6 Å². The van der Waals surface area contributed by atoms with Crippen LogP contribution in [0.5, 0.6) is 0 Å². The molecule has 0 N–H and O–H groups in total. The van der Waals surface area contributed by atoms with Crippen molar-refractivity contribution in [2.24, 2.45) is 0 Å². The summed E-state index contributed by atoms with van der Waals surface area (Å²) in [6.45, 7) is 0.355. The molecule has 0 aliphatic carbocycles. The number of fused-ring (bicyclic) bond motifs is 1. The SMILES string of the molecule is O=C1c2cccc(Br)c2CN1c1ccc(Cl)cc1F. The fourth-order valence-electron chi connectivity index (χ4n) is 2.19. The van der Waals surface area contributed by atoms with Crippen molar-refractivity contribution in [2.75, 3.05) is 4.90 Å². The second kappa shape index (κ2) is 4.62. The number of carbonyl (C=O) groups excluding carboxylic acids is 1. The van der Waals surface area contributed by atoms with Crippen molar-refractivity contribution in [3.8, 4) is 0 Å². The van der Waals surface area contributed by atoms with E-state index in [-0.39, 0.29) is 11.6 Å². The molecule has 1 aliphatic heterocycles. The van der Waals surface area contributed by atoms with Crippen LogP contribution in [0, 0.1) is 5.82 Å². The number of anilines is 1. The summed E-state index contributed by atoms with van der Waals surface area (Å²) >= 11 is 9.13. The minimum atomic E-state index is -0.496. The molecule has 1 aliphatic rings. The van der Waals surface area contributed by atoms with Gasteiger partial charge in [-0.05, 0) is 35.9 Å². The van der Waals surface area contributed by atoms with Crippen LogP contribution in [0.15, 0.2) is 40.9 Å². The molecule has 0 fully saturated rings. The first-order valence-electron chi connectivity index (χ1n) is 5.62. The molecule has 96 valence electrons. The summed E-state index contributed by atoms with van der Waals surface area (Å²) in [5.41, 5.74) is 1.73. The van der Waals surface area contributed by atoms with E-state index >= 15 is 0 Å². The largest absolute Gasteiger partial charge is 0.301 e. The maximum absolute atomic E-state index is 13.9. The van der Waals surface area contributed by atoms with E-state index in [0.717, 1.165) is 10.0 Å². The van der Waals surface area contributed by atoms with Crippen LogP contribution in [-0.2, 0) is 6.54 Å². The fraction of sp³-hybridized carbons (Fsp3) is 0.0714. The van der Waals surface area contributed by atoms with Crippen LogP contribution in [0.4, 0.5) is 10.1 Å². The Balaban J connectivity index is 2.06. The predicted molar refractivity (Wildman–Crippen MR) is 76.1 cm³/mol. The molecule has 2 aromatic rings. The van der Waals surface area contributed by atoms with Crippen molar-refractivity contribution in [3.63, 3.8) is 0 Å². The number of nitrogens with zero attached hydrogens (tertiary/aromatic N) is 1. The first kappa shape index (κ1) is 12.6. The summed E-state index contributed by atoms with van der Waals surface area (Å²) in [5.74, 6) is -0.692. The van der Waals surface area contributed by atoms with Gasteiger partial charge in [-0.25, -0.2) is 4.39 Å². The van der Waals surface area contributed by atoms with Crippen LogP contribution in [0.25, 0.3) is 0 Å². The van der Waals surface area contributed by atoms with Gasteiger partial charge in [-0.15, -0.1) is 0 Å². The third-order valence-corrected chi connectivity index (χ3v) is 4.09. The quantitative estimate of drug-likeness (QED) is 0.753. The number of hydrogen-bond acceptors (Lipinski definition) is 1. The highest BCUT2D eigenvalue weighted by Crippen LogP contribution is 2.34. The van der Waals surface area contributed by atoms with Crippen molar-refractivity contribution in [3.05, 3.63) is 62.8 Å². The van der Waals surface area contributed by atoms with Crippen molar-refractivity contribution in [1.82, 2.24) is 0 Å². The Kier molecular flexibility index (Phi) is 3.07.